The first-order valence-corrected chi connectivity index (χ1v) is 6.18. The minimum Gasteiger partial charge on any atom is -0.370 e. The Morgan fingerprint density at radius 1 is 1.39 bits per heavy atom. The number of hydrogen-bond donors (Lipinski definition) is 2. The van der Waals surface area contributed by atoms with Crippen LogP contribution in [0.25, 0.3) is 0 Å². The number of rotatable bonds is 5. The Bertz CT molecular complexity index is 415. The zero-order valence-electron chi connectivity index (χ0n) is 11.7. The van der Waals surface area contributed by atoms with Crippen LogP contribution in [0.1, 0.15) is 42.7 Å². The maximum atomic E-state index is 12.0. The Labute approximate surface area is 109 Å². The molecule has 18 heavy (non-hydrogen) atoms. The maximum Gasteiger partial charge on any atom is 0.265 e. The highest BCUT2D eigenvalue weighted by atomic mass is 16.2. The van der Waals surface area contributed by atoms with Crippen molar-refractivity contribution in [2.75, 3.05) is 26.0 Å². The third kappa shape index (κ3) is 4.00. The first kappa shape index (κ1) is 14.4. The molecule has 5 nitrogen and oxygen atoms in total. The van der Waals surface area contributed by atoms with Gasteiger partial charge in [-0.2, -0.15) is 0 Å². The van der Waals surface area contributed by atoms with Gasteiger partial charge in [-0.05, 0) is 25.0 Å². The number of carbonyl (C=O) groups is 1. The van der Waals surface area contributed by atoms with Gasteiger partial charge in [0.1, 0.15) is 5.82 Å². The monoisotopic (exact) mass is 250 g/mol. The normalized spacial score (nSPS) is 10.8. The van der Waals surface area contributed by atoms with E-state index in [2.05, 4.69) is 29.6 Å². The number of hydrazine groups is 1. The first-order chi connectivity index (χ1) is 8.43. The van der Waals surface area contributed by atoms with Crippen LogP contribution < -0.4 is 10.7 Å². The first-order valence-electron chi connectivity index (χ1n) is 6.18. The van der Waals surface area contributed by atoms with Crippen molar-refractivity contribution in [2.24, 2.45) is 0 Å². The van der Waals surface area contributed by atoms with Crippen LogP contribution in [0, 0.1) is 0 Å². The average molecular weight is 250 g/mol. The highest BCUT2D eigenvalue weighted by molar-refractivity contribution is 5.94. The van der Waals surface area contributed by atoms with Gasteiger partial charge in [-0.3, -0.25) is 10.2 Å². The van der Waals surface area contributed by atoms with Crippen LogP contribution in [0.5, 0.6) is 0 Å². The molecule has 1 aromatic heterocycles. The van der Waals surface area contributed by atoms with Crippen LogP contribution in [-0.2, 0) is 0 Å². The van der Waals surface area contributed by atoms with Gasteiger partial charge >= 0.3 is 0 Å². The van der Waals surface area contributed by atoms with Crippen molar-refractivity contribution >= 4 is 11.7 Å². The van der Waals surface area contributed by atoms with Gasteiger partial charge in [0.2, 0.25) is 0 Å². The number of aromatic nitrogens is 1. The van der Waals surface area contributed by atoms with Crippen molar-refractivity contribution in [3.63, 3.8) is 0 Å². The highest BCUT2D eigenvalue weighted by Gasteiger charge is 2.12. The van der Waals surface area contributed by atoms with Crippen LogP contribution in [0.4, 0.5) is 5.82 Å². The molecule has 1 aromatic rings. The summed E-state index contributed by atoms with van der Waals surface area (Å²) in [5, 5.41) is 4.78. The summed E-state index contributed by atoms with van der Waals surface area (Å²) >= 11 is 0. The molecule has 1 amide bonds. The summed E-state index contributed by atoms with van der Waals surface area (Å²) in [5.41, 5.74) is 4.27. The van der Waals surface area contributed by atoms with E-state index >= 15 is 0 Å². The Morgan fingerprint density at radius 3 is 2.56 bits per heavy atom. The molecule has 0 spiro atoms. The molecule has 5 heteroatoms. The lowest BCUT2D eigenvalue weighted by Gasteiger charge is -2.14. The van der Waals surface area contributed by atoms with Gasteiger partial charge in [0.25, 0.3) is 5.91 Å². The van der Waals surface area contributed by atoms with E-state index in [9.17, 15) is 4.79 Å². The summed E-state index contributed by atoms with van der Waals surface area (Å²) in [6, 6.07) is 3.61. The lowest BCUT2D eigenvalue weighted by molar-refractivity contribution is 0.0856. The number of carbonyl (C=O) groups excluding carboxylic acids is 1. The third-order valence-corrected chi connectivity index (χ3v) is 2.38. The molecule has 0 fully saturated rings. The van der Waals surface area contributed by atoms with Crippen molar-refractivity contribution in [2.45, 2.75) is 26.7 Å². The predicted molar refractivity (Wildman–Crippen MR) is 73.6 cm³/mol. The lowest BCUT2D eigenvalue weighted by Crippen LogP contribution is -2.36. The maximum absolute atomic E-state index is 12.0. The van der Waals surface area contributed by atoms with Crippen molar-refractivity contribution in [1.82, 2.24) is 15.4 Å². The quantitative estimate of drug-likeness (QED) is 0.783. The van der Waals surface area contributed by atoms with Gasteiger partial charge in [0.15, 0.2) is 0 Å². The van der Waals surface area contributed by atoms with Gasteiger partial charge in [-0.25, -0.2) is 9.99 Å². The Hall–Kier alpha value is -1.62. The van der Waals surface area contributed by atoms with E-state index in [1.165, 1.54) is 0 Å². The fraction of sp³-hybridized carbons (Fsp3) is 0.538. The summed E-state index contributed by atoms with van der Waals surface area (Å²) < 4.78 is 0. The van der Waals surface area contributed by atoms with E-state index in [-0.39, 0.29) is 11.8 Å². The highest BCUT2D eigenvalue weighted by Crippen LogP contribution is 2.17. The molecule has 0 aromatic carbocycles. The second kappa shape index (κ2) is 6.35. The third-order valence-electron chi connectivity index (χ3n) is 2.38. The molecule has 0 aliphatic rings. The zero-order chi connectivity index (χ0) is 13.7. The van der Waals surface area contributed by atoms with E-state index in [4.69, 9.17) is 0 Å². The molecule has 0 atom stereocenters. The number of pyridine rings is 1. The zero-order valence-corrected chi connectivity index (χ0v) is 11.7. The molecule has 0 unspecified atom stereocenters. The van der Waals surface area contributed by atoms with E-state index in [1.807, 2.05) is 13.0 Å². The number of anilines is 1. The van der Waals surface area contributed by atoms with Crippen molar-refractivity contribution in [3.05, 3.63) is 23.4 Å². The minimum absolute atomic E-state index is 0.122. The van der Waals surface area contributed by atoms with E-state index in [1.54, 1.807) is 25.2 Å². The van der Waals surface area contributed by atoms with Gasteiger partial charge in [-0.1, -0.05) is 13.8 Å². The second-order valence-corrected chi connectivity index (χ2v) is 4.69. The second-order valence-electron chi connectivity index (χ2n) is 4.69. The Balaban J connectivity index is 3.06. The largest absolute Gasteiger partial charge is 0.370 e. The molecule has 0 saturated heterocycles. The molecule has 0 saturated carbocycles. The number of amides is 1. The van der Waals surface area contributed by atoms with E-state index in [0.29, 0.717) is 5.56 Å². The van der Waals surface area contributed by atoms with Crippen molar-refractivity contribution < 1.29 is 4.79 Å². The molecular weight excluding hydrogens is 228 g/mol. The van der Waals surface area contributed by atoms with E-state index < -0.39 is 0 Å². The van der Waals surface area contributed by atoms with Gasteiger partial charge in [0.05, 0.1) is 0 Å². The van der Waals surface area contributed by atoms with Crippen LogP contribution in [0.15, 0.2) is 12.1 Å². The minimum atomic E-state index is -0.122. The van der Waals surface area contributed by atoms with Crippen LogP contribution in [-0.4, -0.2) is 36.5 Å². The molecule has 1 rings (SSSR count). The fourth-order valence-electron chi connectivity index (χ4n) is 1.52. The summed E-state index contributed by atoms with van der Waals surface area (Å²) in [5.74, 6) is 0.908. The van der Waals surface area contributed by atoms with Crippen LogP contribution in [0.2, 0.25) is 0 Å². The van der Waals surface area contributed by atoms with Gasteiger partial charge < -0.3 is 5.32 Å². The molecule has 0 aliphatic heterocycles. The number of nitrogens with one attached hydrogen (secondary N) is 2. The van der Waals surface area contributed by atoms with Crippen LogP contribution in [0.3, 0.4) is 0 Å². The summed E-state index contributed by atoms with van der Waals surface area (Å²) in [7, 11) is 3.57. The van der Waals surface area contributed by atoms with E-state index in [0.717, 1.165) is 18.1 Å². The summed E-state index contributed by atoms with van der Waals surface area (Å²) in [6.45, 7) is 6.91. The Morgan fingerprint density at radius 2 is 2.06 bits per heavy atom. The Kier molecular flexibility index (Phi) is 5.09. The summed E-state index contributed by atoms with van der Waals surface area (Å²) in [6.07, 6.45) is 0. The molecule has 100 valence electrons. The standard InChI is InChI=1S/C13H22N4O/c1-6-14-12-8-10(13(18)16-17(4)5)7-11(15-12)9(2)3/h7-9H,6H2,1-5H3,(H,14,15)(H,16,18). The SMILES string of the molecule is CCNc1cc(C(=O)NN(C)C)cc(C(C)C)n1. The molecule has 0 radical (unpaired) electrons. The predicted octanol–water partition coefficient (Wildman–Crippen LogP) is 1.84. The molecule has 0 bridgehead atoms. The van der Waals surface area contributed by atoms with Crippen molar-refractivity contribution in [3.8, 4) is 0 Å². The van der Waals surface area contributed by atoms with Crippen molar-refractivity contribution in [1.29, 1.82) is 0 Å². The topological polar surface area (TPSA) is 57.3 Å². The number of hydrogen-bond acceptors (Lipinski definition) is 4. The van der Waals surface area contributed by atoms with Crippen LogP contribution >= 0.6 is 0 Å². The lowest BCUT2D eigenvalue weighted by atomic mass is 10.1. The molecule has 1 heterocycles. The summed E-state index contributed by atoms with van der Waals surface area (Å²) in [4.78, 5) is 16.5. The average Bonchev–Trinajstić information content (AvgIpc) is 2.28. The van der Waals surface area contributed by atoms with Gasteiger partial charge in [-0.15, -0.1) is 0 Å². The molecule has 0 aliphatic carbocycles. The molecular formula is C13H22N4O. The number of nitrogens with zero attached hydrogens (tertiary/aromatic N) is 2. The molecule has 2 N–H and O–H groups in total. The van der Waals surface area contributed by atoms with Gasteiger partial charge in [0, 0.05) is 31.9 Å². The smallest absolute Gasteiger partial charge is 0.265 e. The fourth-order valence-corrected chi connectivity index (χ4v) is 1.52.